The molecule has 2 aromatic carbocycles. The van der Waals surface area contributed by atoms with Gasteiger partial charge in [-0.2, -0.15) is 0 Å². The van der Waals surface area contributed by atoms with Gasteiger partial charge in [0.15, 0.2) is 5.82 Å². The second-order valence-electron chi connectivity index (χ2n) is 5.89. The molecule has 0 radical (unpaired) electrons. The van der Waals surface area contributed by atoms with Crippen LogP contribution in [0.3, 0.4) is 0 Å². The molecule has 0 aliphatic rings. The first-order chi connectivity index (χ1) is 13.5. The topological polar surface area (TPSA) is 95.1 Å². The Morgan fingerprint density at radius 1 is 1.29 bits per heavy atom. The Morgan fingerprint density at radius 2 is 2.04 bits per heavy atom. The van der Waals surface area contributed by atoms with Crippen LogP contribution in [0.25, 0.3) is 11.4 Å². The highest BCUT2D eigenvalue weighted by Gasteiger charge is 2.20. The first-order valence-corrected chi connectivity index (χ1v) is 9.52. The number of ether oxygens (including phenoxy) is 1. The van der Waals surface area contributed by atoms with Gasteiger partial charge in [0.2, 0.25) is 11.1 Å². The summed E-state index contributed by atoms with van der Waals surface area (Å²) in [4.78, 5) is 12.4. The van der Waals surface area contributed by atoms with Crippen molar-refractivity contribution in [1.82, 2.24) is 14.9 Å². The number of thioether (sulfide) groups is 1. The van der Waals surface area contributed by atoms with Crippen molar-refractivity contribution >= 4 is 23.4 Å². The Hall–Kier alpha value is -3.07. The number of amides is 1. The van der Waals surface area contributed by atoms with E-state index in [0.717, 1.165) is 17.5 Å². The van der Waals surface area contributed by atoms with Gasteiger partial charge in [0.05, 0.1) is 11.9 Å². The van der Waals surface area contributed by atoms with Crippen molar-refractivity contribution in [2.45, 2.75) is 24.3 Å². The standard InChI is InChI=1S/C19H20FN5O2S/c1-3-27-16-9-7-15(8-10-16)22-18(26)12(2)28-19-24-23-17(25(19)21)13-5-4-6-14(20)11-13/h4-12H,3,21H2,1-2H3,(H,22,26)/t12-/m1/s1. The summed E-state index contributed by atoms with van der Waals surface area (Å²) in [5.74, 6) is 6.50. The van der Waals surface area contributed by atoms with Gasteiger partial charge in [0, 0.05) is 11.3 Å². The first-order valence-electron chi connectivity index (χ1n) is 8.64. The van der Waals surface area contributed by atoms with Crippen LogP contribution in [0.4, 0.5) is 10.1 Å². The molecule has 1 aromatic heterocycles. The average molecular weight is 401 g/mol. The highest BCUT2D eigenvalue weighted by molar-refractivity contribution is 8.00. The number of carbonyl (C=O) groups excluding carboxylic acids is 1. The molecule has 0 unspecified atom stereocenters. The van der Waals surface area contributed by atoms with Crippen molar-refractivity contribution in [2.75, 3.05) is 17.8 Å². The summed E-state index contributed by atoms with van der Waals surface area (Å²) in [6.45, 7) is 4.23. The number of carbonyl (C=O) groups is 1. The van der Waals surface area contributed by atoms with E-state index in [0.29, 0.717) is 28.8 Å². The van der Waals surface area contributed by atoms with Crippen LogP contribution < -0.4 is 15.9 Å². The lowest BCUT2D eigenvalue weighted by Crippen LogP contribution is -2.23. The second-order valence-corrected chi connectivity index (χ2v) is 7.20. The zero-order valence-corrected chi connectivity index (χ0v) is 16.2. The third kappa shape index (κ3) is 4.61. The fraction of sp³-hybridized carbons (Fsp3) is 0.211. The summed E-state index contributed by atoms with van der Waals surface area (Å²) in [5, 5.41) is 10.7. The molecule has 1 heterocycles. The van der Waals surface area contributed by atoms with Gasteiger partial charge in [-0.3, -0.25) is 4.79 Å². The highest BCUT2D eigenvalue weighted by atomic mass is 32.2. The van der Waals surface area contributed by atoms with Crippen LogP contribution in [0.5, 0.6) is 5.75 Å². The maximum atomic E-state index is 13.4. The summed E-state index contributed by atoms with van der Waals surface area (Å²) < 4.78 is 20.0. The molecule has 28 heavy (non-hydrogen) atoms. The van der Waals surface area contributed by atoms with Crippen LogP contribution in [-0.4, -0.2) is 32.6 Å². The maximum absolute atomic E-state index is 13.4. The summed E-state index contributed by atoms with van der Waals surface area (Å²) in [6, 6.07) is 13.0. The van der Waals surface area contributed by atoms with Gasteiger partial charge in [0.1, 0.15) is 11.6 Å². The van der Waals surface area contributed by atoms with E-state index in [1.807, 2.05) is 6.92 Å². The van der Waals surface area contributed by atoms with Crippen molar-refractivity contribution in [3.05, 3.63) is 54.3 Å². The fourth-order valence-corrected chi connectivity index (χ4v) is 3.21. The quantitative estimate of drug-likeness (QED) is 0.466. The minimum absolute atomic E-state index is 0.204. The van der Waals surface area contributed by atoms with Gasteiger partial charge >= 0.3 is 0 Å². The molecule has 0 saturated carbocycles. The molecule has 1 amide bonds. The van der Waals surface area contributed by atoms with Crippen LogP contribution >= 0.6 is 11.8 Å². The monoisotopic (exact) mass is 401 g/mol. The molecular weight excluding hydrogens is 381 g/mol. The van der Waals surface area contributed by atoms with Gasteiger partial charge in [-0.15, -0.1) is 10.2 Å². The van der Waals surface area contributed by atoms with Crippen LogP contribution in [0.1, 0.15) is 13.8 Å². The lowest BCUT2D eigenvalue weighted by molar-refractivity contribution is -0.115. The third-order valence-corrected chi connectivity index (χ3v) is 4.89. The number of hydrogen-bond acceptors (Lipinski definition) is 6. The number of hydrogen-bond donors (Lipinski definition) is 2. The number of nitrogens with one attached hydrogen (secondary N) is 1. The van der Waals surface area contributed by atoms with Crippen molar-refractivity contribution in [3.63, 3.8) is 0 Å². The molecule has 0 spiro atoms. The Morgan fingerprint density at radius 3 is 2.71 bits per heavy atom. The van der Waals surface area contributed by atoms with Crippen molar-refractivity contribution < 1.29 is 13.9 Å². The zero-order chi connectivity index (χ0) is 20.1. The smallest absolute Gasteiger partial charge is 0.237 e. The van der Waals surface area contributed by atoms with Gasteiger partial charge in [-0.1, -0.05) is 23.9 Å². The number of anilines is 1. The summed E-state index contributed by atoms with van der Waals surface area (Å²) in [7, 11) is 0. The molecule has 3 N–H and O–H groups in total. The lowest BCUT2D eigenvalue weighted by Gasteiger charge is -2.12. The maximum Gasteiger partial charge on any atom is 0.237 e. The number of aromatic nitrogens is 3. The van der Waals surface area contributed by atoms with Crippen LogP contribution in [0.15, 0.2) is 53.7 Å². The number of rotatable bonds is 7. The van der Waals surface area contributed by atoms with Crippen molar-refractivity contribution in [1.29, 1.82) is 0 Å². The molecule has 0 saturated heterocycles. The molecule has 146 valence electrons. The molecule has 9 heteroatoms. The Bertz CT molecular complexity index is 961. The van der Waals surface area contributed by atoms with E-state index in [4.69, 9.17) is 10.6 Å². The molecule has 1 atom stereocenters. The van der Waals surface area contributed by atoms with Gasteiger partial charge in [0.25, 0.3) is 0 Å². The number of nitrogens with zero attached hydrogens (tertiary/aromatic N) is 3. The fourth-order valence-electron chi connectivity index (χ4n) is 2.44. The predicted octanol–water partition coefficient (Wildman–Crippen LogP) is 3.32. The Balaban J connectivity index is 1.65. The van der Waals surface area contributed by atoms with E-state index in [2.05, 4.69) is 15.5 Å². The van der Waals surface area contributed by atoms with E-state index in [1.165, 1.54) is 16.8 Å². The molecule has 0 aliphatic heterocycles. The van der Waals surface area contributed by atoms with E-state index >= 15 is 0 Å². The van der Waals surface area contributed by atoms with Crippen molar-refractivity contribution in [3.8, 4) is 17.1 Å². The van der Waals surface area contributed by atoms with Gasteiger partial charge in [-0.25, -0.2) is 9.07 Å². The van der Waals surface area contributed by atoms with Crippen molar-refractivity contribution in [2.24, 2.45) is 0 Å². The van der Waals surface area contributed by atoms with E-state index in [-0.39, 0.29) is 5.91 Å². The predicted molar refractivity (Wildman–Crippen MR) is 107 cm³/mol. The Kier molecular flexibility index (Phi) is 6.15. The van der Waals surface area contributed by atoms with Crippen LogP contribution in [-0.2, 0) is 4.79 Å². The summed E-state index contributed by atoms with van der Waals surface area (Å²) in [5.41, 5.74) is 1.17. The van der Waals surface area contributed by atoms with E-state index < -0.39 is 11.1 Å². The van der Waals surface area contributed by atoms with Crippen LogP contribution in [0, 0.1) is 5.82 Å². The van der Waals surface area contributed by atoms with Gasteiger partial charge < -0.3 is 15.9 Å². The van der Waals surface area contributed by atoms with E-state index in [9.17, 15) is 9.18 Å². The molecule has 0 bridgehead atoms. The number of nitrogens with two attached hydrogens (primary N) is 1. The lowest BCUT2D eigenvalue weighted by atomic mass is 10.2. The van der Waals surface area contributed by atoms with E-state index in [1.54, 1.807) is 43.3 Å². The SMILES string of the molecule is CCOc1ccc(NC(=O)[C@@H](C)Sc2nnc(-c3cccc(F)c3)n2N)cc1. The molecular formula is C19H20FN5O2S. The third-order valence-electron chi connectivity index (χ3n) is 3.83. The summed E-state index contributed by atoms with van der Waals surface area (Å²) in [6.07, 6.45) is 0. The second kappa shape index (κ2) is 8.75. The molecule has 3 aromatic rings. The normalized spacial score (nSPS) is 11.8. The molecule has 0 fully saturated rings. The largest absolute Gasteiger partial charge is 0.494 e. The minimum atomic E-state index is -0.474. The zero-order valence-electron chi connectivity index (χ0n) is 15.4. The van der Waals surface area contributed by atoms with Crippen LogP contribution in [0.2, 0.25) is 0 Å². The Labute approximate surface area is 166 Å². The summed E-state index contributed by atoms with van der Waals surface area (Å²) >= 11 is 1.16. The number of nitrogen functional groups attached to an aromatic ring is 1. The molecule has 0 aliphatic carbocycles. The highest BCUT2D eigenvalue weighted by Crippen LogP contribution is 2.26. The molecule has 3 rings (SSSR count). The minimum Gasteiger partial charge on any atom is -0.494 e. The first kappa shape index (κ1) is 19.7. The van der Waals surface area contributed by atoms with Gasteiger partial charge in [-0.05, 0) is 50.2 Å². The number of halogens is 1. The molecule has 7 nitrogen and oxygen atoms in total. The average Bonchev–Trinajstić information content (AvgIpc) is 3.04. The number of benzene rings is 2.